The van der Waals surface area contributed by atoms with Gasteiger partial charge in [0, 0.05) is 243 Å². The summed E-state index contributed by atoms with van der Waals surface area (Å²) < 4.78 is 80.6. The second kappa shape index (κ2) is 68.4. The molecule has 145 heavy (non-hydrogen) atoms. The summed E-state index contributed by atoms with van der Waals surface area (Å²) in [6.07, 6.45) is 19.7. The number of unbranched alkanes of at least 4 members (excludes halogenated alkanes) is 5. The Bertz CT molecular complexity index is 5370. The van der Waals surface area contributed by atoms with Gasteiger partial charge in [0.15, 0.2) is 23.1 Å². The monoisotopic (exact) mass is 2030 g/mol. The lowest BCUT2D eigenvalue weighted by Gasteiger charge is -2.15. The Balaban J connectivity index is 0.000000272. The van der Waals surface area contributed by atoms with Crippen molar-refractivity contribution in [3.63, 3.8) is 0 Å². The maximum Gasteiger partial charge on any atom is 0.302 e. The van der Waals surface area contributed by atoms with E-state index >= 15 is 0 Å². The highest BCUT2D eigenvalue weighted by Gasteiger charge is 2.36. The number of carbonyl (C=O) groups is 11. The quantitative estimate of drug-likeness (QED) is 0.00805. The number of hydrogen-bond donors (Lipinski definition) is 7. The smallest absolute Gasteiger partial charge is 0.302 e. The number of hydrogen-bond acceptors (Lipinski definition) is 27. The molecule has 3 atom stereocenters. The topological polar surface area (TPSA) is 436 Å². The van der Waals surface area contributed by atoms with E-state index in [1.165, 1.54) is 40.1 Å². The fourth-order valence-electron chi connectivity index (χ4n) is 16.8. The van der Waals surface area contributed by atoms with Crippen LogP contribution in [-0.4, -0.2) is 239 Å². The molecule has 1 heterocycles. The molecule has 3 amide bonds. The molecule has 0 saturated heterocycles. The van der Waals surface area contributed by atoms with Crippen molar-refractivity contribution in [2.45, 2.75) is 252 Å². The summed E-state index contributed by atoms with van der Waals surface area (Å²) in [5, 5.41) is 35.2. The highest BCUT2D eigenvalue weighted by Crippen LogP contribution is 2.50. The van der Waals surface area contributed by atoms with Gasteiger partial charge >= 0.3 is 23.9 Å². The predicted molar refractivity (Wildman–Crippen MR) is 555 cm³/mol. The normalized spacial score (nSPS) is 13.2. The van der Waals surface area contributed by atoms with Crippen molar-refractivity contribution >= 4 is 80.4 Å². The number of anilines is 1. The Hall–Kier alpha value is -11.0. The molecule has 1 aromatic heterocycles. The second-order valence-electron chi connectivity index (χ2n) is 36.5. The summed E-state index contributed by atoms with van der Waals surface area (Å²) in [5.74, 6) is -1.67. The zero-order chi connectivity index (χ0) is 105. The van der Waals surface area contributed by atoms with Crippen LogP contribution < -0.4 is 20.7 Å². The summed E-state index contributed by atoms with van der Waals surface area (Å²) in [6, 6.07) is 36.4. The molecule has 794 valence electrons. The summed E-state index contributed by atoms with van der Waals surface area (Å²) >= 11 is 0. The third kappa shape index (κ3) is 43.1. The van der Waals surface area contributed by atoms with Gasteiger partial charge in [-0.05, 0) is 223 Å². The van der Waals surface area contributed by atoms with Gasteiger partial charge in [-0.3, -0.25) is 57.7 Å². The highest BCUT2D eigenvalue weighted by molar-refractivity contribution is 7.89. The first-order valence-corrected chi connectivity index (χ1v) is 53.1. The van der Waals surface area contributed by atoms with E-state index in [9.17, 15) is 61.2 Å². The maximum absolute atomic E-state index is 13.3. The standard InChI is InChI=1S/C35H48N2O8.C35H49NO7.C32H42O7.C11H16N2O4S/c1-3-4-18-44-21-16-36-34(41)10-7-11-35(42)37-27-13-15-29-28-14-12-26(33(40)9-8-20-43-19-6-5-17-38)22-30(28)32(31(29)23-27)24-45-25(2)39;1-25(2)16-21-42-22-17-36-34(40)13-6-9-27-14-15-29-31(23-27)32(24-43-26(3)38)28-10-7-11-30(35(28)29)33(39)12-8-20-41-19-5-4-18-37;1-3-4-16-37-18-7-9-31(35)24-11-13-26-27-14-12-25(32(36)10-8-19-38-17-6-5-15-33)21-29(27)30(28(26)20-24)22-39-23(2)34;1-3-13-18(15,16)11-8-12-6-4-10(11)5-7-17-9(2)14/h12-15,22-23,32,38H,3-11,16-21,24H2,1-2H3,(H,36,41)(H,37,42);7,10-11,14-15,23,25,32,37H,4-6,8-9,12-13,16-22,24H2,1-3H3,(H,36,40);11-14,20-21,30,33H,3-10,15-19,22H2,1-2H3;4,6,8,13H,3,5,7H2,1-2H3. The fraction of sp³-hybridized carbons (Fsp3) is 0.540. The van der Waals surface area contributed by atoms with Gasteiger partial charge in [-0.2, -0.15) is 0 Å². The number of amides is 3. The SMILES string of the molecule is CC(=O)OCC1c2cc(CCCC(=O)NCCOCCC(C)C)ccc2-c2c(C(=O)CCCOCCCCO)cccc21.CCCCOCCCC(=O)c1ccc2c(c1)C(COC(C)=O)c1cc(C(=O)CCCOCCCCO)ccc1-2.CCCCOCCNC(=O)CCCC(=O)Nc1ccc2c(c1)C(COC(C)=O)c1cc(C(=O)CCCOCCCCO)ccc1-2.CCNS(=O)(=O)c1cnccc1CCOC(C)=O. The van der Waals surface area contributed by atoms with Crippen molar-refractivity contribution in [3.8, 4) is 33.4 Å². The molecule has 7 aromatic rings. The Morgan fingerprint density at radius 1 is 0.379 bits per heavy atom. The lowest BCUT2D eigenvalue weighted by molar-refractivity contribution is -0.142. The molecular weight excluding hydrogens is 1880 g/mol. The maximum atomic E-state index is 13.3. The van der Waals surface area contributed by atoms with E-state index < -0.39 is 16.0 Å². The third-order valence-electron chi connectivity index (χ3n) is 24.4. The molecule has 7 N–H and O–H groups in total. The predicted octanol–water partition coefficient (Wildman–Crippen LogP) is 17.2. The van der Waals surface area contributed by atoms with Crippen LogP contribution >= 0.6 is 0 Å². The van der Waals surface area contributed by atoms with Crippen molar-refractivity contribution in [1.82, 2.24) is 20.3 Å². The lowest BCUT2D eigenvalue weighted by Crippen LogP contribution is -2.27. The molecule has 6 aromatic carbocycles. The molecule has 3 aliphatic carbocycles. The van der Waals surface area contributed by atoms with Gasteiger partial charge in [-0.25, -0.2) is 13.1 Å². The van der Waals surface area contributed by atoms with Crippen LogP contribution in [-0.2, 0) is 104 Å². The van der Waals surface area contributed by atoms with Crippen molar-refractivity contribution < 1.29 is 124 Å². The number of nitrogens with one attached hydrogen (secondary N) is 4. The van der Waals surface area contributed by atoms with E-state index in [0.717, 1.165) is 137 Å². The molecule has 0 aliphatic heterocycles. The van der Waals surface area contributed by atoms with Gasteiger partial charge in [0.05, 0.1) is 19.8 Å². The molecule has 31 nitrogen and oxygen atoms in total. The van der Waals surface area contributed by atoms with Crippen molar-refractivity contribution in [2.75, 3.05) is 150 Å². The number of aryl methyl sites for hydroxylation is 1. The molecular formula is C113H155N5O26S. The minimum atomic E-state index is -3.54. The Morgan fingerprint density at radius 2 is 0.786 bits per heavy atom. The molecule has 0 spiro atoms. The van der Waals surface area contributed by atoms with Crippen LogP contribution in [0.15, 0.2) is 133 Å². The molecule has 0 radical (unpaired) electrons. The molecule has 3 aliphatic rings. The van der Waals surface area contributed by atoms with Gasteiger partial charge in [-0.15, -0.1) is 0 Å². The van der Waals surface area contributed by atoms with E-state index in [1.807, 2.05) is 91.0 Å². The molecule has 3 unspecified atom stereocenters. The number of sulfonamides is 1. The van der Waals surface area contributed by atoms with Crippen LogP contribution in [0.25, 0.3) is 33.4 Å². The van der Waals surface area contributed by atoms with Gasteiger partial charge in [0.1, 0.15) is 24.7 Å². The summed E-state index contributed by atoms with van der Waals surface area (Å²) in [6.45, 7) is 25.0. The van der Waals surface area contributed by atoms with Crippen molar-refractivity contribution in [2.24, 2.45) is 5.92 Å². The van der Waals surface area contributed by atoms with Crippen LogP contribution in [0.5, 0.6) is 0 Å². The number of aromatic nitrogens is 1. The van der Waals surface area contributed by atoms with E-state index in [2.05, 4.69) is 71.6 Å². The number of Topliss-reactive ketones (excluding diaryl/α,β-unsaturated/α-hetero) is 4. The number of benzene rings is 6. The summed E-state index contributed by atoms with van der Waals surface area (Å²) in [4.78, 5) is 139. The number of pyridine rings is 1. The highest BCUT2D eigenvalue weighted by atomic mass is 32.2. The van der Waals surface area contributed by atoms with Crippen LogP contribution in [0.2, 0.25) is 0 Å². The number of nitrogens with zero attached hydrogens (tertiary/aromatic N) is 1. The average molecular weight is 2030 g/mol. The first-order chi connectivity index (χ1) is 70.1. The average Bonchev–Trinajstić information content (AvgIpc) is 1.60. The number of ketones is 4. The number of rotatable bonds is 68. The van der Waals surface area contributed by atoms with Gasteiger partial charge in [-0.1, -0.05) is 126 Å². The number of aliphatic hydroxyl groups is 3. The lowest BCUT2D eigenvalue weighted by atomic mass is 9.93. The van der Waals surface area contributed by atoms with Gasteiger partial charge in [0.25, 0.3) is 0 Å². The van der Waals surface area contributed by atoms with Crippen LogP contribution in [0.4, 0.5) is 5.69 Å². The first-order valence-electron chi connectivity index (χ1n) is 51.6. The number of fused-ring (bicyclic) bond motifs is 9. The Morgan fingerprint density at radius 3 is 1.24 bits per heavy atom. The molecule has 10 rings (SSSR count). The Labute approximate surface area is 856 Å². The van der Waals surface area contributed by atoms with E-state index in [4.69, 9.17) is 62.7 Å². The minimum absolute atomic E-state index is 0.0147. The van der Waals surface area contributed by atoms with E-state index in [0.29, 0.717) is 228 Å². The molecule has 0 bridgehead atoms. The first kappa shape index (κ1) is 121. The molecule has 32 heteroatoms. The molecule has 0 fully saturated rings. The van der Waals surface area contributed by atoms with Crippen LogP contribution in [0.1, 0.15) is 320 Å². The number of carbonyl (C=O) groups excluding carboxylic acids is 11. The number of ether oxygens (including phenoxy) is 10. The molecule has 0 saturated carbocycles. The fourth-order valence-corrected chi connectivity index (χ4v) is 18.1. The summed E-state index contributed by atoms with van der Waals surface area (Å²) in [7, 11) is -3.54. The van der Waals surface area contributed by atoms with Crippen molar-refractivity contribution in [1.29, 1.82) is 0 Å². The minimum Gasteiger partial charge on any atom is -0.466 e. The zero-order valence-electron chi connectivity index (χ0n) is 86.5. The zero-order valence-corrected chi connectivity index (χ0v) is 87.3. The van der Waals surface area contributed by atoms with Gasteiger partial charge < -0.3 is 78.6 Å². The van der Waals surface area contributed by atoms with E-state index in [1.54, 1.807) is 13.0 Å². The number of aliphatic hydroxyl groups excluding tert-OH is 3. The van der Waals surface area contributed by atoms with E-state index in [-0.39, 0.29) is 141 Å². The number of esters is 4. The largest absolute Gasteiger partial charge is 0.466 e. The van der Waals surface area contributed by atoms with Gasteiger partial charge in [0.2, 0.25) is 27.7 Å². The van der Waals surface area contributed by atoms with Crippen LogP contribution in [0.3, 0.4) is 0 Å². The summed E-state index contributed by atoms with van der Waals surface area (Å²) in [5.41, 5.74) is 16.4. The third-order valence-corrected chi connectivity index (χ3v) is 26.0. The van der Waals surface area contributed by atoms with Crippen LogP contribution in [0, 0.1) is 5.92 Å². The Kier molecular flexibility index (Phi) is 57.1. The van der Waals surface area contributed by atoms with Crippen molar-refractivity contribution in [3.05, 3.63) is 194 Å². The second-order valence-corrected chi connectivity index (χ2v) is 38.2.